The van der Waals surface area contributed by atoms with Crippen LogP contribution in [-0.2, 0) is 5.41 Å². The zero-order chi connectivity index (χ0) is 11.1. The van der Waals surface area contributed by atoms with Gasteiger partial charge in [0.05, 0.1) is 6.10 Å². The third-order valence-corrected chi connectivity index (χ3v) is 2.63. The van der Waals surface area contributed by atoms with E-state index in [4.69, 9.17) is 10.5 Å². The van der Waals surface area contributed by atoms with Crippen LogP contribution in [0.25, 0.3) is 0 Å². The highest BCUT2D eigenvalue weighted by Crippen LogP contribution is 2.36. The molecular formula is C13H19NO. The van der Waals surface area contributed by atoms with E-state index in [9.17, 15) is 0 Å². The lowest BCUT2D eigenvalue weighted by molar-refractivity contribution is 0.295. The molecule has 15 heavy (non-hydrogen) atoms. The summed E-state index contributed by atoms with van der Waals surface area (Å²) in [5.74, 6) is 0.999. The van der Waals surface area contributed by atoms with Crippen LogP contribution >= 0.6 is 0 Å². The molecule has 0 aromatic heterocycles. The van der Waals surface area contributed by atoms with Gasteiger partial charge in [0.25, 0.3) is 0 Å². The van der Waals surface area contributed by atoms with E-state index in [0.717, 1.165) is 11.4 Å². The number of hydrogen-bond donors (Lipinski definition) is 1. The summed E-state index contributed by atoms with van der Waals surface area (Å²) in [6, 6.07) is 5.93. The van der Waals surface area contributed by atoms with Crippen molar-refractivity contribution in [1.82, 2.24) is 0 Å². The number of benzene rings is 1. The second kappa shape index (κ2) is 3.44. The van der Waals surface area contributed by atoms with Crippen molar-refractivity contribution in [3.8, 4) is 5.75 Å². The molecule has 0 bridgehead atoms. The van der Waals surface area contributed by atoms with Gasteiger partial charge in [0.1, 0.15) is 5.75 Å². The van der Waals surface area contributed by atoms with Crippen LogP contribution in [0.2, 0.25) is 0 Å². The third-order valence-electron chi connectivity index (χ3n) is 2.63. The lowest BCUT2D eigenvalue weighted by Crippen LogP contribution is -2.14. The van der Waals surface area contributed by atoms with Crippen molar-refractivity contribution in [2.75, 3.05) is 5.73 Å². The molecule has 2 nitrogen and oxygen atoms in total. The summed E-state index contributed by atoms with van der Waals surface area (Å²) in [5.41, 5.74) is 7.91. The van der Waals surface area contributed by atoms with E-state index >= 15 is 0 Å². The van der Waals surface area contributed by atoms with Crippen molar-refractivity contribution >= 4 is 5.69 Å². The Bertz CT molecular complexity index is 361. The predicted octanol–water partition coefficient (Wildman–Crippen LogP) is 3.11. The SMILES string of the molecule is CC(C)(C)c1cc(N)ccc1OC1CC1. The van der Waals surface area contributed by atoms with Crippen LogP contribution in [0.1, 0.15) is 39.2 Å². The minimum atomic E-state index is 0.0829. The highest BCUT2D eigenvalue weighted by atomic mass is 16.5. The molecule has 0 aliphatic heterocycles. The summed E-state index contributed by atoms with van der Waals surface area (Å²) < 4.78 is 5.88. The fourth-order valence-corrected chi connectivity index (χ4v) is 1.60. The molecule has 0 atom stereocenters. The number of hydrogen-bond acceptors (Lipinski definition) is 2. The van der Waals surface area contributed by atoms with Gasteiger partial charge in [-0.15, -0.1) is 0 Å². The quantitative estimate of drug-likeness (QED) is 0.753. The van der Waals surface area contributed by atoms with Gasteiger partial charge in [0.2, 0.25) is 0 Å². The molecular weight excluding hydrogens is 186 g/mol. The fourth-order valence-electron chi connectivity index (χ4n) is 1.60. The molecule has 0 heterocycles. The first-order valence-corrected chi connectivity index (χ1v) is 5.53. The minimum Gasteiger partial charge on any atom is -0.490 e. The first-order valence-electron chi connectivity index (χ1n) is 5.53. The molecule has 1 saturated carbocycles. The minimum absolute atomic E-state index is 0.0829. The van der Waals surface area contributed by atoms with Crippen molar-refractivity contribution in [3.05, 3.63) is 23.8 Å². The summed E-state index contributed by atoms with van der Waals surface area (Å²) >= 11 is 0. The maximum absolute atomic E-state index is 5.88. The summed E-state index contributed by atoms with van der Waals surface area (Å²) in [5, 5.41) is 0. The number of nitrogen functional groups attached to an aromatic ring is 1. The maximum atomic E-state index is 5.88. The predicted molar refractivity (Wildman–Crippen MR) is 63.2 cm³/mol. The van der Waals surface area contributed by atoms with Crippen LogP contribution in [0.4, 0.5) is 5.69 Å². The van der Waals surface area contributed by atoms with E-state index in [1.54, 1.807) is 0 Å². The smallest absolute Gasteiger partial charge is 0.123 e. The van der Waals surface area contributed by atoms with Crippen molar-refractivity contribution in [2.45, 2.75) is 45.1 Å². The van der Waals surface area contributed by atoms with Gasteiger partial charge in [-0.25, -0.2) is 0 Å². The molecule has 82 valence electrons. The van der Waals surface area contributed by atoms with Gasteiger partial charge >= 0.3 is 0 Å². The van der Waals surface area contributed by atoms with Crippen molar-refractivity contribution in [3.63, 3.8) is 0 Å². The summed E-state index contributed by atoms with van der Waals surface area (Å²) in [7, 11) is 0. The number of ether oxygens (including phenoxy) is 1. The third kappa shape index (κ3) is 2.44. The molecule has 1 aromatic carbocycles. The van der Waals surface area contributed by atoms with E-state index in [1.165, 1.54) is 18.4 Å². The van der Waals surface area contributed by atoms with Gasteiger partial charge < -0.3 is 10.5 Å². The van der Waals surface area contributed by atoms with Crippen molar-refractivity contribution < 1.29 is 4.74 Å². The molecule has 2 rings (SSSR count). The number of rotatable bonds is 2. The molecule has 2 heteroatoms. The highest BCUT2D eigenvalue weighted by molar-refractivity contribution is 5.50. The van der Waals surface area contributed by atoms with Crippen LogP contribution in [0.5, 0.6) is 5.75 Å². The fraction of sp³-hybridized carbons (Fsp3) is 0.538. The molecule has 2 N–H and O–H groups in total. The van der Waals surface area contributed by atoms with Crippen LogP contribution in [0.3, 0.4) is 0 Å². The average molecular weight is 205 g/mol. The van der Waals surface area contributed by atoms with Gasteiger partial charge in [-0.2, -0.15) is 0 Å². The number of anilines is 1. The Balaban J connectivity index is 2.34. The molecule has 0 saturated heterocycles. The largest absolute Gasteiger partial charge is 0.490 e. The van der Waals surface area contributed by atoms with Crippen molar-refractivity contribution in [2.24, 2.45) is 0 Å². The van der Waals surface area contributed by atoms with Gasteiger partial charge in [-0.1, -0.05) is 20.8 Å². The Morgan fingerprint density at radius 1 is 1.27 bits per heavy atom. The van der Waals surface area contributed by atoms with Gasteiger partial charge in [-0.05, 0) is 36.5 Å². The Labute approximate surface area is 91.4 Å². The molecule has 0 spiro atoms. The number of nitrogens with two attached hydrogens (primary N) is 1. The van der Waals surface area contributed by atoms with Gasteiger partial charge in [0, 0.05) is 11.3 Å². The first kappa shape index (κ1) is 10.3. The van der Waals surface area contributed by atoms with E-state index in [2.05, 4.69) is 20.8 Å². The Kier molecular flexibility index (Phi) is 2.37. The van der Waals surface area contributed by atoms with Crippen LogP contribution in [0, 0.1) is 0 Å². The van der Waals surface area contributed by atoms with E-state index in [1.807, 2.05) is 18.2 Å². The maximum Gasteiger partial charge on any atom is 0.123 e. The Morgan fingerprint density at radius 3 is 2.47 bits per heavy atom. The Hall–Kier alpha value is -1.18. The average Bonchev–Trinajstić information content (AvgIpc) is 2.90. The Morgan fingerprint density at radius 2 is 1.93 bits per heavy atom. The van der Waals surface area contributed by atoms with Crippen LogP contribution < -0.4 is 10.5 Å². The summed E-state index contributed by atoms with van der Waals surface area (Å²) in [6.07, 6.45) is 2.82. The lowest BCUT2D eigenvalue weighted by Gasteiger charge is -2.23. The standard InChI is InChI=1S/C13H19NO/c1-13(2,3)11-8-9(14)4-7-12(11)15-10-5-6-10/h4,7-8,10H,5-6,14H2,1-3H3. The monoisotopic (exact) mass is 205 g/mol. The summed E-state index contributed by atoms with van der Waals surface area (Å²) in [4.78, 5) is 0. The molecule has 1 aromatic rings. The van der Waals surface area contributed by atoms with E-state index in [0.29, 0.717) is 6.10 Å². The zero-order valence-corrected chi connectivity index (χ0v) is 9.71. The first-order chi connectivity index (χ1) is 6.97. The summed E-state index contributed by atoms with van der Waals surface area (Å²) in [6.45, 7) is 6.55. The normalized spacial score (nSPS) is 16.5. The topological polar surface area (TPSA) is 35.2 Å². The molecule has 0 unspecified atom stereocenters. The second-order valence-electron chi connectivity index (χ2n) is 5.32. The molecule has 0 amide bonds. The lowest BCUT2D eigenvalue weighted by atomic mass is 9.86. The zero-order valence-electron chi connectivity index (χ0n) is 9.71. The van der Waals surface area contributed by atoms with Gasteiger partial charge in [0.15, 0.2) is 0 Å². The van der Waals surface area contributed by atoms with Crippen LogP contribution in [-0.4, -0.2) is 6.10 Å². The highest BCUT2D eigenvalue weighted by Gasteiger charge is 2.27. The van der Waals surface area contributed by atoms with E-state index in [-0.39, 0.29) is 5.41 Å². The molecule has 0 radical (unpaired) electrons. The second-order valence-corrected chi connectivity index (χ2v) is 5.32. The molecule has 1 aliphatic rings. The van der Waals surface area contributed by atoms with Gasteiger partial charge in [-0.3, -0.25) is 0 Å². The molecule has 1 fully saturated rings. The van der Waals surface area contributed by atoms with Crippen LogP contribution in [0.15, 0.2) is 18.2 Å². The van der Waals surface area contributed by atoms with Crippen molar-refractivity contribution in [1.29, 1.82) is 0 Å². The molecule has 1 aliphatic carbocycles. The van der Waals surface area contributed by atoms with E-state index < -0.39 is 0 Å².